The average Bonchev–Trinajstić information content (AvgIpc) is 2.89. The van der Waals surface area contributed by atoms with Crippen molar-refractivity contribution >= 4 is 5.91 Å². The van der Waals surface area contributed by atoms with Gasteiger partial charge < -0.3 is 10.1 Å². The number of carbonyl (C=O) groups excluding carboxylic acids is 1. The van der Waals surface area contributed by atoms with Gasteiger partial charge in [0.15, 0.2) is 0 Å². The van der Waals surface area contributed by atoms with E-state index in [2.05, 4.69) is 5.32 Å². The minimum atomic E-state index is -4.25. The number of benzene rings is 1. The number of nitrogens with zero attached hydrogens (tertiary/aromatic N) is 1. The van der Waals surface area contributed by atoms with E-state index in [0.717, 1.165) is 5.56 Å². The molecular formula is C17H23F3N2O2. The maximum atomic E-state index is 12.7. The van der Waals surface area contributed by atoms with Crippen molar-refractivity contribution in [3.63, 3.8) is 0 Å². The molecule has 0 radical (unpaired) electrons. The minimum absolute atomic E-state index is 0.172. The highest BCUT2D eigenvalue weighted by Crippen LogP contribution is 2.30. The van der Waals surface area contributed by atoms with Crippen LogP contribution in [0.15, 0.2) is 30.3 Å². The van der Waals surface area contributed by atoms with Crippen LogP contribution >= 0.6 is 0 Å². The van der Waals surface area contributed by atoms with Gasteiger partial charge in [0.2, 0.25) is 5.91 Å². The predicted molar refractivity (Wildman–Crippen MR) is 84.7 cm³/mol. The van der Waals surface area contributed by atoms with Crippen LogP contribution in [0.25, 0.3) is 0 Å². The van der Waals surface area contributed by atoms with Gasteiger partial charge in [-0.15, -0.1) is 0 Å². The summed E-state index contributed by atoms with van der Waals surface area (Å²) in [4.78, 5) is 13.6. The number of hydrogen-bond donors (Lipinski definition) is 1. The lowest BCUT2D eigenvalue weighted by molar-refractivity contribution is -0.143. The van der Waals surface area contributed by atoms with Crippen LogP contribution < -0.4 is 5.32 Å². The van der Waals surface area contributed by atoms with Crippen molar-refractivity contribution in [3.8, 4) is 0 Å². The predicted octanol–water partition coefficient (Wildman–Crippen LogP) is 2.56. The fraction of sp³-hybridized carbons (Fsp3) is 0.588. The summed E-state index contributed by atoms with van der Waals surface area (Å²) in [5.41, 5.74) is 0.929. The van der Waals surface area contributed by atoms with Crippen LogP contribution in [0.2, 0.25) is 0 Å². The Hall–Kier alpha value is -1.60. The number of alkyl halides is 3. The van der Waals surface area contributed by atoms with Crippen LogP contribution in [0, 0.1) is 0 Å². The molecule has 1 aromatic rings. The maximum absolute atomic E-state index is 12.7. The summed E-state index contributed by atoms with van der Waals surface area (Å²) in [6.07, 6.45) is -4.33. The normalized spacial score (nSPS) is 23.2. The zero-order valence-corrected chi connectivity index (χ0v) is 13.8. The third-order valence-electron chi connectivity index (χ3n) is 4.30. The fourth-order valence-electron chi connectivity index (χ4n) is 3.19. The van der Waals surface area contributed by atoms with Crippen molar-refractivity contribution in [3.05, 3.63) is 35.9 Å². The maximum Gasteiger partial charge on any atom is 0.401 e. The molecule has 0 unspecified atom stereocenters. The van der Waals surface area contributed by atoms with Gasteiger partial charge in [0.05, 0.1) is 6.54 Å². The summed E-state index contributed by atoms with van der Waals surface area (Å²) in [5.74, 6) is -0.452. The van der Waals surface area contributed by atoms with Crippen LogP contribution in [0.5, 0.6) is 0 Å². The summed E-state index contributed by atoms with van der Waals surface area (Å²) in [6, 6.07) is 8.96. The monoisotopic (exact) mass is 344 g/mol. The van der Waals surface area contributed by atoms with Crippen LogP contribution in [-0.2, 0) is 9.53 Å². The van der Waals surface area contributed by atoms with Gasteiger partial charge in [-0.3, -0.25) is 9.69 Å². The van der Waals surface area contributed by atoms with Crippen molar-refractivity contribution in [2.75, 3.05) is 26.7 Å². The molecule has 134 valence electrons. The first-order valence-corrected chi connectivity index (χ1v) is 8.01. The Kier molecular flexibility index (Phi) is 6.23. The van der Waals surface area contributed by atoms with E-state index in [4.69, 9.17) is 4.74 Å². The lowest BCUT2D eigenvalue weighted by atomic mass is 9.94. The molecule has 0 bridgehead atoms. The van der Waals surface area contributed by atoms with Gasteiger partial charge in [-0.1, -0.05) is 37.3 Å². The zero-order valence-electron chi connectivity index (χ0n) is 13.8. The lowest BCUT2D eigenvalue weighted by Crippen LogP contribution is -2.45. The van der Waals surface area contributed by atoms with Crippen molar-refractivity contribution in [1.82, 2.24) is 10.2 Å². The quantitative estimate of drug-likeness (QED) is 0.862. The SMILES string of the molecule is CC[C@H](OC)C(=O)N[C@@H]1CN(CC(F)(F)F)C[C@H]1c1ccccc1. The summed E-state index contributed by atoms with van der Waals surface area (Å²) in [5, 5.41) is 2.87. The van der Waals surface area contributed by atoms with Crippen LogP contribution in [0.4, 0.5) is 13.2 Å². The highest BCUT2D eigenvalue weighted by molar-refractivity contribution is 5.81. The molecule has 7 heteroatoms. The van der Waals surface area contributed by atoms with Gasteiger partial charge in [0, 0.05) is 32.2 Å². The number of rotatable bonds is 6. The van der Waals surface area contributed by atoms with Crippen LogP contribution in [0.3, 0.4) is 0 Å². The number of ether oxygens (including phenoxy) is 1. The van der Waals surface area contributed by atoms with Crippen molar-refractivity contribution < 1.29 is 22.7 Å². The lowest BCUT2D eigenvalue weighted by Gasteiger charge is -2.22. The number of hydrogen-bond acceptors (Lipinski definition) is 3. The first-order chi connectivity index (χ1) is 11.3. The average molecular weight is 344 g/mol. The van der Waals surface area contributed by atoms with Gasteiger partial charge in [-0.05, 0) is 12.0 Å². The second kappa shape index (κ2) is 7.98. The van der Waals surface area contributed by atoms with Gasteiger partial charge in [-0.2, -0.15) is 13.2 Å². The van der Waals surface area contributed by atoms with E-state index in [1.54, 1.807) is 0 Å². The van der Waals surface area contributed by atoms with E-state index in [1.807, 2.05) is 37.3 Å². The molecule has 1 heterocycles. The van der Waals surface area contributed by atoms with Gasteiger partial charge in [-0.25, -0.2) is 0 Å². The number of halogens is 3. The Morgan fingerprint density at radius 3 is 2.54 bits per heavy atom. The van der Waals surface area contributed by atoms with Crippen LogP contribution in [0.1, 0.15) is 24.8 Å². The molecule has 0 aliphatic carbocycles. The molecule has 1 aliphatic heterocycles. The summed E-state index contributed by atoms with van der Waals surface area (Å²) in [6.45, 7) is 1.29. The largest absolute Gasteiger partial charge is 0.401 e. The number of amides is 1. The molecule has 0 saturated carbocycles. The van der Waals surface area contributed by atoms with Crippen molar-refractivity contribution in [1.29, 1.82) is 0 Å². The molecule has 1 fully saturated rings. The molecule has 1 amide bonds. The van der Waals surface area contributed by atoms with Crippen molar-refractivity contribution in [2.45, 2.75) is 37.6 Å². The van der Waals surface area contributed by atoms with Crippen molar-refractivity contribution in [2.24, 2.45) is 0 Å². The standard InChI is InChI=1S/C17H23F3N2O2/c1-3-15(24-2)16(23)21-14-10-22(11-17(18,19)20)9-13(14)12-7-5-4-6-8-12/h4-8,13-15H,3,9-11H2,1-2H3,(H,21,23)/t13-,14+,15-/m0/s1. The Morgan fingerprint density at radius 1 is 1.33 bits per heavy atom. The van der Waals surface area contributed by atoms with Gasteiger partial charge in [0.1, 0.15) is 6.10 Å². The zero-order chi connectivity index (χ0) is 17.7. The highest BCUT2D eigenvalue weighted by Gasteiger charge is 2.40. The minimum Gasteiger partial charge on any atom is -0.372 e. The molecule has 1 aliphatic rings. The first kappa shape index (κ1) is 18.7. The van der Waals surface area contributed by atoms with E-state index < -0.39 is 18.8 Å². The van der Waals surface area contributed by atoms with Crippen LogP contribution in [-0.4, -0.2) is 55.9 Å². The Labute approximate surface area is 140 Å². The van der Waals surface area contributed by atoms with E-state index in [1.165, 1.54) is 12.0 Å². The third kappa shape index (κ3) is 4.95. The molecule has 1 aromatic carbocycles. The number of methoxy groups -OCH3 is 1. The summed E-state index contributed by atoms with van der Waals surface area (Å²) >= 11 is 0. The highest BCUT2D eigenvalue weighted by atomic mass is 19.4. The van der Waals surface area contributed by atoms with E-state index in [0.29, 0.717) is 6.42 Å². The second-order valence-electron chi connectivity index (χ2n) is 6.07. The molecule has 1 saturated heterocycles. The molecule has 3 atom stereocenters. The fourth-order valence-corrected chi connectivity index (χ4v) is 3.19. The molecule has 2 rings (SSSR count). The number of carbonyl (C=O) groups is 1. The molecule has 0 spiro atoms. The molecule has 0 aromatic heterocycles. The van der Waals surface area contributed by atoms with Gasteiger partial charge in [0.25, 0.3) is 0 Å². The molecule has 1 N–H and O–H groups in total. The summed E-state index contributed by atoms with van der Waals surface area (Å²) in [7, 11) is 1.45. The second-order valence-corrected chi connectivity index (χ2v) is 6.07. The number of nitrogens with one attached hydrogen (secondary N) is 1. The Morgan fingerprint density at radius 2 is 2.00 bits per heavy atom. The van der Waals surface area contributed by atoms with E-state index in [9.17, 15) is 18.0 Å². The number of likely N-dealkylation sites (tertiary alicyclic amines) is 1. The topological polar surface area (TPSA) is 41.6 Å². The molecular weight excluding hydrogens is 321 g/mol. The van der Waals surface area contributed by atoms with E-state index in [-0.39, 0.29) is 31.0 Å². The Balaban J connectivity index is 2.13. The summed E-state index contributed by atoms with van der Waals surface area (Å²) < 4.78 is 43.3. The molecule has 24 heavy (non-hydrogen) atoms. The smallest absolute Gasteiger partial charge is 0.372 e. The Bertz CT molecular complexity index is 532. The first-order valence-electron chi connectivity index (χ1n) is 8.01. The van der Waals surface area contributed by atoms with E-state index >= 15 is 0 Å². The van der Waals surface area contributed by atoms with Gasteiger partial charge >= 0.3 is 6.18 Å². The third-order valence-corrected chi connectivity index (χ3v) is 4.30. The molecule has 4 nitrogen and oxygen atoms in total.